The molecule has 1 aliphatic rings. The Morgan fingerprint density at radius 3 is 2.46 bits per heavy atom. The number of benzene rings is 2. The molecule has 180 valence electrons. The first kappa shape index (κ1) is 23.4. The van der Waals surface area contributed by atoms with Crippen molar-refractivity contribution >= 4 is 22.5 Å². The van der Waals surface area contributed by atoms with Crippen LogP contribution in [0.4, 0.5) is 0 Å². The molecule has 0 amide bonds. The highest BCUT2D eigenvalue weighted by molar-refractivity contribution is 6.30. The number of hydrogen-bond acceptors (Lipinski definition) is 7. The molecular weight excluding hydrogens is 464 g/mol. The lowest BCUT2D eigenvalue weighted by atomic mass is 9.98. The zero-order valence-corrected chi connectivity index (χ0v) is 20.6. The third-order valence-electron chi connectivity index (χ3n) is 6.18. The first-order chi connectivity index (χ1) is 16.9. The van der Waals surface area contributed by atoms with Crippen molar-refractivity contribution in [2.45, 2.75) is 5.66 Å². The van der Waals surface area contributed by atoms with Gasteiger partial charge >= 0.3 is 0 Å². The maximum Gasteiger partial charge on any atom is 0.267 e. The number of aromatic nitrogens is 3. The van der Waals surface area contributed by atoms with Gasteiger partial charge in [-0.25, -0.2) is 14.5 Å². The highest BCUT2D eigenvalue weighted by Gasteiger charge is 2.35. The molecule has 1 fully saturated rings. The molecule has 35 heavy (non-hydrogen) atoms. The Hall–Kier alpha value is -3.30. The summed E-state index contributed by atoms with van der Waals surface area (Å²) in [6.45, 7) is 2.60. The number of hydrogen-bond donors (Lipinski definition) is 2. The molecule has 5 rings (SSSR count). The summed E-state index contributed by atoms with van der Waals surface area (Å²) < 4.78 is 6.85. The van der Waals surface area contributed by atoms with Crippen LogP contribution < -0.4 is 20.9 Å². The van der Waals surface area contributed by atoms with Gasteiger partial charge in [0.2, 0.25) is 0 Å². The van der Waals surface area contributed by atoms with Crippen LogP contribution in [0.25, 0.3) is 28.1 Å². The predicted octanol–water partition coefficient (Wildman–Crippen LogP) is 3.02. The van der Waals surface area contributed by atoms with Crippen molar-refractivity contribution < 1.29 is 4.74 Å². The molecule has 3 heterocycles. The van der Waals surface area contributed by atoms with Gasteiger partial charge in [0.1, 0.15) is 23.1 Å². The normalized spacial score (nSPS) is 15.1. The summed E-state index contributed by atoms with van der Waals surface area (Å²) in [4.78, 5) is 25.1. The Kier molecular flexibility index (Phi) is 6.29. The molecule has 0 spiro atoms. The zero-order chi connectivity index (χ0) is 24.6. The fraction of sp³-hybridized carbons (Fsp3) is 0.269. The zero-order valence-electron chi connectivity index (χ0n) is 19.9. The van der Waals surface area contributed by atoms with Crippen molar-refractivity contribution in [2.75, 3.05) is 40.8 Å². The van der Waals surface area contributed by atoms with Crippen LogP contribution in [0.2, 0.25) is 5.02 Å². The maximum atomic E-state index is 13.7. The van der Waals surface area contributed by atoms with Crippen molar-refractivity contribution in [1.82, 2.24) is 30.1 Å². The maximum absolute atomic E-state index is 13.7. The van der Waals surface area contributed by atoms with Crippen molar-refractivity contribution in [3.05, 3.63) is 81.7 Å². The van der Waals surface area contributed by atoms with Gasteiger partial charge in [0.15, 0.2) is 0 Å². The molecule has 0 saturated carbocycles. The van der Waals surface area contributed by atoms with Gasteiger partial charge in [-0.15, -0.1) is 0 Å². The molecule has 1 aliphatic heterocycles. The van der Waals surface area contributed by atoms with Gasteiger partial charge in [-0.1, -0.05) is 35.9 Å². The summed E-state index contributed by atoms with van der Waals surface area (Å²) in [5.41, 5.74) is 1.95. The molecule has 0 unspecified atom stereocenters. The average Bonchev–Trinajstić information content (AvgIpc) is 3.33. The van der Waals surface area contributed by atoms with Gasteiger partial charge < -0.3 is 9.64 Å². The quantitative estimate of drug-likeness (QED) is 0.430. The van der Waals surface area contributed by atoms with E-state index >= 15 is 0 Å². The minimum Gasteiger partial charge on any atom is -0.497 e. The summed E-state index contributed by atoms with van der Waals surface area (Å²) >= 11 is 6.06. The van der Waals surface area contributed by atoms with E-state index in [9.17, 15) is 4.79 Å². The summed E-state index contributed by atoms with van der Waals surface area (Å²) in [6, 6.07) is 16.9. The molecule has 8 nitrogen and oxygen atoms in total. The SMILES string of the molecule is COc1ccc2nc(-c3ccc(C4(CN(C)C)NCCN4)cc3)n(-c3ccc(Cl)cn3)c(=O)c2c1. The van der Waals surface area contributed by atoms with Crippen LogP contribution in [0.3, 0.4) is 0 Å². The fourth-order valence-corrected chi connectivity index (χ4v) is 4.71. The van der Waals surface area contributed by atoms with Crippen molar-refractivity contribution in [1.29, 1.82) is 0 Å². The van der Waals surface area contributed by atoms with Gasteiger partial charge in [-0.05, 0) is 50.0 Å². The Labute approximate surface area is 208 Å². The number of nitrogens with zero attached hydrogens (tertiary/aromatic N) is 4. The Bertz CT molecular complexity index is 1410. The van der Waals surface area contributed by atoms with E-state index in [0.717, 1.165) is 30.8 Å². The van der Waals surface area contributed by atoms with Crippen LogP contribution in [-0.2, 0) is 5.66 Å². The topological polar surface area (TPSA) is 84.3 Å². The van der Waals surface area contributed by atoms with E-state index in [-0.39, 0.29) is 11.2 Å². The minimum absolute atomic E-state index is 0.231. The second-order valence-corrected chi connectivity index (χ2v) is 9.30. The number of rotatable bonds is 6. The number of likely N-dealkylation sites (N-methyl/N-ethyl adjacent to an activating group) is 1. The molecule has 0 atom stereocenters. The average molecular weight is 491 g/mol. The lowest BCUT2D eigenvalue weighted by molar-refractivity contribution is 0.235. The van der Waals surface area contributed by atoms with E-state index in [4.69, 9.17) is 21.3 Å². The lowest BCUT2D eigenvalue weighted by Crippen LogP contribution is -2.52. The highest BCUT2D eigenvalue weighted by atomic mass is 35.5. The molecule has 2 aromatic heterocycles. The van der Waals surface area contributed by atoms with Gasteiger partial charge in [-0.2, -0.15) is 0 Å². The van der Waals surface area contributed by atoms with Crippen LogP contribution in [0.5, 0.6) is 5.75 Å². The van der Waals surface area contributed by atoms with E-state index in [1.54, 1.807) is 37.4 Å². The molecule has 1 saturated heterocycles. The van der Waals surface area contributed by atoms with Gasteiger partial charge in [0, 0.05) is 31.4 Å². The van der Waals surface area contributed by atoms with Crippen molar-refractivity contribution in [2.24, 2.45) is 0 Å². The largest absolute Gasteiger partial charge is 0.497 e. The standard InChI is InChI=1S/C26H27ClN6O2/c1-32(2)16-26(29-12-13-30-26)18-6-4-17(5-7-18)24-31-22-10-9-20(35-3)14-21(22)25(34)33(24)23-11-8-19(27)15-28-23/h4-11,14-15,29-30H,12-13,16H2,1-3H3. The lowest BCUT2D eigenvalue weighted by Gasteiger charge is -2.33. The molecule has 2 N–H and O–H groups in total. The monoisotopic (exact) mass is 490 g/mol. The van der Waals surface area contributed by atoms with Crippen LogP contribution in [0, 0.1) is 0 Å². The highest BCUT2D eigenvalue weighted by Crippen LogP contribution is 2.27. The predicted molar refractivity (Wildman–Crippen MR) is 138 cm³/mol. The second-order valence-electron chi connectivity index (χ2n) is 8.87. The Morgan fingerprint density at radius 1 is 1.09 bits per heavy atom. The molecule has 2 aromatic carbocycles. The number of fused-ring (bicyclic) bond motifs is 1. The minimum atomic E-state index is -0.327. The Morgan fingerprint density at radius 2 is 1.83 bits per heavy atom. The number of methoxy groups -OCH3 is 1. The van der Waals surface area contributed by atoms with Crippen LogP contribution in [0.1, 0.15) is 5.56 Å². The first-order valence-electron chi connectivity index (χ1n) is 11.4. The third-order valence-corrected chi connectivity index (χ3v) is 6.41. The molecule has 0 aliphatic carbocycles. The van der Waals surface area contributed by atoms with E-state index in [2.05, 4.69) is 46.7 Å². The van der Waals surface area contributed by atoms with Crippen molar-refractivity contribution in [3.63, 3.8) is 0 Å². The van der Waals surface area contributed by atoms with Crippen molar-refractivity contribution in [3.8, 4) is 23.0 Å². The van der Waals surface area contributed by atoms with Gasteiger partial charge in [-0.3, -0.25) is 15.4 Å². The number of pyridine rings is 1. The van der Waals surface area contributed by atoms with E-state index in [1.807, 2.05) is 12.1 Å². The number of nitrogens with one attached hydrogen (secondary N) is 2. The Balaban J connectivity index is 1.67. The summed E-state index contributed by atoms with van der Waals surface area (Å²) in [7, 11) is 5.69. The number of ether oxygens (including phenoxy) is 1. The van der Waals surface area contributed by atoms with Gasteiger partial charge in [0.05, 0.1) is 23.0 Å². The first-order valence-corrected chi connectivity index (χ1v) is 11.8. The van der Waals surface area contributed by atoms with Gasteiger partial charge in [0.25, 0.3) is 5.56 Å². The molecule has 0 radical (unpaired) electrons. The van der Waals surface area contributed by atoms with E-state index in [1.165, 1.54) is 10.8 Å². The molecule has 4 aromatic rings. The van der Waals surface area contributed by atoms with Crippen LogP contribution in [-0.4, -0.2) is 60.3 Å². The smallest absolute Gasteiger partial charge is 0.267 e. The third kappa shape index (κ3) is 4.41. The molecule has 0 bridgehead atoms. The number of halogens is 1. The molecule has 9 heteroatoms. The second kappa shape index (κ2) is 9.39. The summed E-state index contributed by atoms with van der Waals surface area (Å²) in [5.74, 6) is 1.54. The van der Waals surface area contributed by atoms with E-state index in [0.29, 0.717) is 33.3 Å². The van der Waals surface area contributed by atoms with Crippen LogP contribution in [0.15, 0.2) is 65.6 Å². The summed E-state index contributed by atoms with van der Waals surface area (Å²) in [6.07, 6.45) is 1.52. The fourth-order valence-electron chi connectivity index (χ4n) is 4.60. The summed E-state index contributed by atoms with van der Waals surface area (Å²) in [5, 5.41) is 8.15. The van der Waals surface area contributed by atoms with Crippen LogP contribution >= 0.6 is 11.6 Å². The van der Waals surface area contributed by atoms with E-state index < -0.39 is 0 Å². The molecular formula is C26H27ClN6O2.